The first kappa shape index (κ1) is 34.8. The van der Waals surface area contributed by atoms with Crippen LogP contribution in [0.1, 0.15) is 0 Å². The summed E-state index contributed by atoms with van der Waals surface area (Å²) in [5, 5.41) is 9.25. The lowest BCUT2D eigenvalue weighted by Gasteiger charge is -2.13. The highest BCUT2D eigenvalue weighted by atomic mass is 16.3. The molecule has 2 aromatic heterocycles. The third kappa shape index (κ3) is 6.04. The first-order valence-electron chi connectivity index (χ1n) is 20.6. The van der Waals surface area contributed by atoms with Gasteiger partial charge in [0.1, 0.15) is 11.2 Å². The number of hydrogen-bond donors (Lipinski definition) is 0. The fraction of sp³-hybridized carbons (Fsp3) is 0. The number of para-hydroxylation sites is 1. The minimum atomic E-state index is 0.608. The third-order valence-electron chi connectivity index (χ3n) is 11.9. The van der Waals surface area contributed by atoms with Crippen molar-refractivity contribution < 1.29 is 4.42 Å². The van der Waals surface area contributed by atoms with Crippen LogP contribution < -0.4 is 0 Å². The summed E-state index contributed by atoms with van der Waals surface area (Å²) in [4.78, 5) is 15.5. The fourth-order valence-electron chi connectivity index (χ4n) is 8.95. The van der Waals surface area contributed by atoms with Crippen molar-refractivity contribution in [2.24, 2.45) is 0 Å². The van der Waals surface area contributed by atoms with Crippen LogP contribution in [0.15, 0.2) is 217 Å². The molecule has 284 valence electrons. The molecule has 0 atom stereocenters. The number of furan rings is 1. The minimum absolute atomic E-state index is 0.608. The molecule has 0 amide bonds. The maximum Gasteiger partial charge on any atom is 0.164 e. The molecular formula is C57H35N3O. The lowest BCUT2D eigenvalue weighted by atomic mass is 9.92. The maximum atomic E-state index is 6.79. The van der Waals surface area contributed by atoms with E-state index in [1.807, 2.05) is 18.2 Å². The van der Waals surface area contributed by atoms with Crippen molar-refractivity contribution in [2.75, 3.05) is 0 Å². The molecule has 0 aliphatic rings. The Kier molecular flexibility index (Phi) is 8.13. The van der Waals surface area contributed by atoms with E-state index >= 15 is 0 Å². The summed E-state index contributed by atoms with van der Waals surface area (Å²) < 4.78 is 6.79. The van der Waals surface area contributed by atoms with Crippen molar-refractivity contribution >= 4 is 54.3 Å². The highest BCUT2D eigenvalue weighted by molar-refractivity contribution is 6.18. The smallest absolute Gasteiger partial charge is 0.164 e. The molecule has 4 heteroatoms. The zero-order valence-corrected chi connectivity index (χ0v) is 33.0. The van der Waals surface area contributed by atoms with Crippen LogP contribution >= 0.6 is 0 Å². The molecule has 10 aromatic carbocycles. The normalized spacial score (nSPS) is 11.6. The Hall–Kier alpha value is -8.21. The molecule has 0 unspecified atom stereocenters. The predicted molar refractivity (Wildman–Crippen MR) is 252 cm³/mol. The van der Waals surface area contributed by atoms with Crippen molar-refractivity contribution in [1.29, 1.82) is 0 Å². The zero-order chi connectivity index (χ0) is 40.3. The second-order valence-electron chi connectivity index (χ2n) is 15.5. The Morgan fingerprint density at radius 1 is 0.279 bits per heavy atom. The second kappa shape index (κ2) is 14.3. The standard InChI is InChI=1S/C57H35N3O/c1-2-15-39(16-3-1)55-58-56(40-30-28-38(29-31-40)46-22-10-19-37-14-6-8-20-45(37)46)60-57(59-55)44-34-42-18-7-9-21-47(42)51(35-44)49-24-12-26-52-53(49)50-25-11-23-48(54(50)61-52)43-32-27-36-13-4-5-17-41(36)33-43/h1-35H. The Bertz CT molecular complexity index is 3640. The van der Waals surface area contributed by atoms with Crippen LogP contribution in [0.3, 0.4) is 0 Å². The fourth-order valence-corrected chi connectivity index (χ4v) is 8.95. The van der Waals surface area contributed by atoms with Gasteiger partial charge in [-0.1, -0.05) is 188 Å². The first-order chi connectivity index (χ1) is 30.2. The Balaban J connectivity index is 1.02. The van der Waals surface area contributed by atoms with Gasteiger partial charge in [-0.05, 0) is 84.4 Å². The zero-order valence-electron chi connectivity index (χ0n) is 33.0. The van der Waals surface area contributed by atoms with Gasteiger partial charge in [-0.3, -0.25) is 0 Å². The third-order valence-corrected chi connectivity index (χ3v) is 11.9. The molecule has 0 spiro atoms. The molecule has 2 heterocycles. The largest absolute Gasteiger partial charge is 0.455 e. The first-order valence-corrected chi connectivity index (χ1v) is 20.6. The van der Waals surface area contributed by atoms with Crippen LogP contribution in [0.4, 0.5) is 0 Å². The number of rotatable bonds is 6. The van der Waals surface area contributed by atoms with Gasteiger partial charge in [0, 0.05) is 33.0 Å². The van der Waals surface area contributed by atoms with Crippen LogP contribution in [-0.4, -0.2) is 15.0 Å². The van der Waals surface area contributed by atoms with E-state index in [0.717, 1.165) is 77.2 Å². The average Bonchev–Trinajstić information content (AvgIpc) is 3.73. The van der Waals surface area contributed by atoms with Crippen molar-refractivity contribution in [1.82, 2.24) is 15.0 Å². The summed E-state index contributed by atoms with van der Waals surface area (Å²) in [6, 6.07) is 74.6. The second-order valence-corrected chi connectivity index (χ2v) is 15.5. The van der Waals surface area contributed by atoms with Crippen molar-refractivity contribution in [3.05, 3.63) is 212 Å². The summed E-state index contributed by atoms with van der Waals surface area (Å²) in [6.07, 6.45) is 0. The van der Waals surface area contributed by atoms with Crippen LogP contribution in [0.25, 0.3) is 122 Å². The highest BCUT2D eigenvalue weighted by Gasteiger charge is 2.20. The van der Waals surface area contributed by atoms with Crippen molar-refractivity contribution in [2.45, 2.75) is 0 Å². The molecule has 12 rings (SSSR count). The van der Waals surface area contributed by atoms with Gasteiger partial charge in [0.05, 0.1) is 0 Å². The summed E-state index contributed by atoms with van der Waals surface area (Å²) in [5.41, 5.74) is 11.2. The van der Waals surface area contributed by atoms with Crippen molar-refractivity contribution in [3.63, 3.8) is 0 Å². The molecular weight excluding hydrogens is 743 g/mol. The summed E-state index contributed by atoms with van der Waals surface area (Å²) in [6.45, 7) is 0. The van der Waals surface area contributed by atoms with Gasteiger partial charge < -0.3 is 4.42 Å². The molecule has 12 aromatic rings. The average molecular weight is 778 g/mol. The summed E-state index contributed by atoms with van der Waals surface area (Å²) in [5.74, 6) is 1.85. The Morgan fingerprint density at radius 2 is 0.803 bits per heavy atom. The molecule has 4 nitrogen and oxygen atoms in total. The molecule has 0 aliphatic carbocycles. The van der Waals surface area contributed by atoms with Crippen LogP contribution in [-0.2, 0) is 0 Å². The number of benzene rings is 10. The number of aromatic nitrogens is 3. The van der Waals surface area contributed by atoms with Gasteiger partial charge in [-0.15, -0.1) is 0 Å². The number of fused-ring (bicyclic) bond motifs is 6. The van der Waals surface area contributed by atoms with E-state index in [1.165, 1.54) is 27.1 Å². The molecule has 61 heavy (non-hydrogen) atoms. The van der Waals surface area contributed by atoms with Gasteiger partial charge in [-0.25, -0.2) is 15.0 Å². The Labute approximate surface area is 352 Å². The molecule has 0 N–H and O–H groups in total. The van der Waals surface area contributed by atoms with Crippen LogP contribution in [0.2, 0.25) is 0 Å². The molecule has 0 radical (unpaired) electrons. The number of hydrogen-bond acceptors (Lipinski definition) is 4. The van der Waals surface area contributed by atoms with Gasteiger partial charge in [0.2, 0.25) is 0 Å². The van der Waals surface area contributed by atoms with Gasteiger partial charge >= 0.3 is 0 Å². The lowest BCUT2D eigenvalue weighted by molar-refractivity contribution is 0.670. The van der Waals surface area contributed by atoms with Gasteiger partial charge in [-0.2, -0.15) is 0 Å². The molecule has 0 saturated carbocycles. The lowest BCUT2D eigenvalue weighted by Crippen LogP contribution is -2.00. The van der Waals surface area contributed by atoms with E-state index in [2.05, 4.69) is 194 Å². The van der Waals surface area contributed by atoms with Gasteiger partial charge in [0.25, 0.3) is 0 Å². The van der Waals surface area contributed by atoms with Gasteiger partial charge in [0.15, 0.2) is 17.5 Å². The molecule has 0 bridgehead atoms. The van der Waals surface area contributed by atoms with E-state index < -0.39 is 0 Å². The van der Waals surface area contributed by atoms with Crippen LogP contribution in [0.5, 0.6) is 0 Å². The van der Waals surface area contributed by atoms with E-state index in [-0.39, 0.29) is 0 Å². The molecule has 0 saturated heterocycles. The topological polar surface area (TPSA) is 51.8 Å². The molecule has 0 aliphatic heterocycles. The maximum absolute atomic E-state index is 6.79. The van der Waals surface area contributed by atoms with E-state index in [9.17, 15) is 0 Å². The Morgan fingerprint density at radius 3 is 1.61 bits per heavy atom. The minimum Gasteiger partial charge on any atom is -0.455 e. The predicted octanol–water partition coefficient (Wildman–Crippen LogP) is 15.2. The van der Waals surface area contributed by atoms with E-state index in [4.69, 9.17) is 19.4 Å². The highest BCUT2D eigenvalue weighted by Crippen LogP contribution is 2.44. The quantitative estimate of drug-likeness (QED) is 0.169. The summed E-state index contributed by atoms with van der Waals surface area (Å²) >= 11 is 0. The number of nitrogens with zero attached hydrogens (tertiary/aromatic N) is 3. The van der Waals surface area contributed by atoms with Crippen molar-refractivity contribution in [3.8, 4) is 67.5 Å². The summed E-state index contributed by atoms with van der Waals surface area (Å²) in [7, 11) is 0. The SMILES string of the molecule is c1ccc(-c2nc(-c3ccc(-c4cccc5ccccc45)cc3)nc(-c3cc(-c4cccc5oc6c(-c7ccc8ccccc8c7)cccc6c45)c4ccccc4c3)n2)cc1. The van der Waals surface area contributed by atoms with E-state index in [0.29, 0.717) is 17.5 Å². The van der Waals surface area contributed by atoms with Crippen LogP contribution in [0, 0.1) is 0 Å². The van der Waals surface area contributed by atoms with E-state index in [1.54, 1.807) is 0 Å². The molecule has 0 fully saturated rings. The monoisotopic (exact) mass is 777 g/mol.